The monoisotopic (exact) mass is 276 g/mol. The van der Waals surface area contributed by atoms with Crippen molar-refractivity contribution >= 4 is 5.91 Å². The maximum Gasteiger partial charge on any atom is 0.238 e. The lowest BCUT2D eigenvalue weighted by atomic mass is 10.1. The van der Waals surface area contributed by atoms with Crippen molar-refractivity contribution in [3.05, 3.63) is 29.3 Å². The minimum Gasteiger partial charge on any atom is -0.496 e. The van der Waals surface area contributed by atoms with E-state index in [2.05, 4.69) is 18.3 Å². The van der Waals surface area contributed by atoms with Crippen LogP contribution in [-0.2, 0) is 4.79 Å². The molecule has 1 aromatic rings. The molecule has 1 heterocycles. The molecule has 0 bridgehead atoms. The fourth-order valence-corrected chi connectivity index (χ4v) is 2.70. The minimum absolute atomic E-state index is 0.00367. The van der Waals surface area contributed by atoms with Gasteiger partial charge in [-0.3, -0.25) is 10.1 Å². The third-order valence-corrected chi connectivity index (χ3v) is 3.82. The van der Waals surface area contributed by atoms with Crippen molar-refractivity contribution in [3.63, 3.8) is 0 Å². The molecule has 1 aliphatic heterocycles. The molecular formula is C16H24N2O2. The number of hydrogen-bond acceptors (Lipinski definition) is 3. The molecule has 1 atom stereocenters. The average molecular weight is 276 g/mol. The Balaban J connectivity index is 2.13. The number of nitrogens with one attached hydrogen (secondary N) is 1. The number of hydrogen-bond donors (Lipinski definition) is 1. The van der Waals surface area contributed by atoms with Crippen molar-refractivity contribution < 1.29 is 9.53 Å². The van der Waals surface area contributed by atoms with E-state index in [0.29, 0.717) is 6.54 Å². The Morgan fingerprint density at radius 3 is 2.85 bits per heavy atom. The lowest BCUT2D eigenvalue weighted by molar-refractivity contribution is -0.128. The molecule has 0 saturated carbocycles. The van der Waals surface area contributed by atoms with Crippen molar-refractivity contribution in [2.75, 3.05) is 20.2 Å². The second kappa shape index (κ2) is 6.75. The summed E-state index contributed by atoms with van der Waals surface area (Å²) in [7, 11) is 1.68. The Labute approximate surface area is 121 Å². The van der Waals surface area contributed by atoms with E-state index in [1.807, 2.05) is 24.0 Å². The summed E-state index contributed by atoms with van der Waals surface area (Å²) in [5, 5.41) is 3.30. The number of methoxy groups -OCH3 is 1. The number of ether oxygens (including phenoxy) is 1. The first kappa shape index (κ1) is 14.9. The van der Waals surface area contributed by atoms with E-state index in [-0.39, 0.29) is 12.1 Å². The third kappa shape index (κ3) is 3.12. The van der Waals surface area contributed by atoms with E-state index in [0.717, 1.165) is 36.3 Å². The number of unbranched alkanes of at least 4 members (excludes halogenated alkanes) is 2. The first-order chi connectivity index (χ1) is 9.67. The summed E-state index contributed by atoms with van der Waals surface area (Å²) in [4.78, 5) is 14.0. The van der Waals surface area contributed by atoms with Gasteiger partial charge < -0.3 is 9.64 Å². The largest absolute Gasteiger partial charge is 0.496 e. The highest BCUT2D eigenvalue weighted by atomic mass is 16.5. The van der Waals surface area contributed by atoms with Crippen molar-refractivity contribution in [1.29, 1.82) is 0 Å². The molecule has 1 unspecified atom stereocenters. The number of benzene rings is 1. The Morgan fingerprint density at radius 2 is 2.20 bits per heavy atom. The van der Waals surface area contributed by atoms with E-state index in [4.69, 9.17) is 4.74 Å². The summed E-state index contributed by atoms with van der Waals surface area (Å²) in [6, 6.07) is 6.11. The maximum absolute atomic E-state index is 12.0. The van der Waals surface area contributed by atoms with Crippen LogP contribution < -0.4 is 10.1 Å². The molecule has 110 valence electrons. The van der Waals surface area contributed by atoms with Crippen LogP contribution in [0.15, 0.2) is 18.2 Å². The number of carbonyl (C=O) groups excluding carboxylic acids is 1. The van der Waals surface area contributed by atoms with Gasteiger partial charge in [0.05, 0.1) is 13.7 Å². The van der Waals surface area contributed by atoms with Gasteiger partial charge in [-0.15, -0.1) is 0 Å². The zero-order valence-electron chi connectivity index (χ0n) is 12.6. The van der Waals surface area contributed by atoms with Gasteiger partial charge in [-0.25, -0.2) is 0 Å². The van der Waals surface area contributed by atoms with Crippen LogP contribution in [0.1, 0.15) is 43.5 Å². The molecule has 4 nitrogen and oxygen atoms in total. The highest BCUT2D eigenvalue weighted by Gasteiger charge is 2.31. The predicted octanol–water partition coefficient (Wildman–Crippen LogP) is 2.62. The van der Waals surface area contributed by atoms with Crippen molar-refractivity contribution in [3.8, 4) is 5.75 Å². The van der Waals surface area contributed by atoms with E-state index in [1.165, 1.54) is 6.42 Å². The van der Waals surface area contributed by atoms with Gasteiger partial charge in [0.2, 0.25) is 5.91 Å². The van der Waals surface area contributed by atoms with E-state index in [9.17, 15) is 4.79 Å². The van der Waals surface area contributed by atoms with E-state index < -0.39 is 0 Å². The van der Waals surface area contributed by atoms with Crippen LogP contribution >= 0.6 is 0 Å². The van der Waals surface area contributed by atoms with Crippen molar-refractivity contribution in [1.82, 2.24) is 10.2 Å². The zero-order valence-corrected chi connectivity index (χ0v) is 12.6. The third-order valence-electron chi connectivity index (χ3n) is 3.82. The molecule has 4 heteroatoms. The van der Waals surface area contributed by atoms with Crippen LogP contribution in [0.25, 0.3) is 0 Å². The SMILES string of the molecule is CCCCCN1C(=O)CNC1c1ccc(OC)c(C)c1. The summed E-state index contributed by atoms with van der Waals surface area (Å²) in [5.74, 6) is 1.08. The number of carbonyl (C=O) groups is 1. The molecule has 1 saturated heterocycles. The number of nitrogens with zero attached hydrogens (tertiary/aromatic N) is 1. The van der Waals surface area contributed by atoms with Crippen molar-refractivity contribution in [2.45, 2.75) is 39.3 Å². The van der Waals surface area contributed by atoms with Gasteiger partial charge in [-0.2, -0.15) is 0 Å². The van der Waals surface area contributed by atoms with Crippen LogP contribution in [0.4, 0.5) is 0 Å². The Morgan fingerprint density at radius 1 is 1.40 bits per heavy atom. The van der Waals surface area contributed by atoms with E-state index >= 15 is 0 Å². The summed E-state index contributed by atoms with van der Waals surface area (Å²) < 4.78 is 5.29. The number of amides is 1. The Kier molecular flexibility index (Phi) is 5.01. The average Bonchev–Trinajstić information content (AvgIpc) is 2.80. The molecule has 0 radical (unpaired) electrons. The van der Waals surface area contributed by atoms with Crippen LogP contribution in [0.5, 0.6) is 5.75 Å². The molecule has 0 aromatic heterocycles. The standard InChI is InChI=1S/C16H24N2O2/c1-4-5-6-9-18-15(19)11-17-16(18)13-7-8-14(20-3)12(2)10-13/h7-8,10,16-17H,4-6,9,11H2,1-3H3. The van der Waals surface area contributed by atoms with Crippen LogP contribution in [-0.4, -0.2) is 31.0 Å². The van der Waals surface area contributed by atoms with Gasteiger partial charge in [0.1, 0.15) is 11.9 Å². The smallest absolute Gasteiger partial charge is 0.238 e. The maximum atomic E-state index is 12.0. The van der Waals surface area contributed by atoms with Gasteiger partial charge in [-0.1, -0.05) is 25.8 Å². The lowest BCUT2D eigenvalue weighted by Crippen LogP contribution is -2.31. The highest BCUT2D eigenvalue weighted by Crippen LogP contribution is 2.27. The molecule has 1 fully saturated rings. The summed E-state index contributed by atoms with van der Waals surface area (Å²) in [5.41, 5.74) is 2.23. The molecule has 1 amide bonds. The summed E-state index contributed by atoms with van der Waals surface area (Å²) >= 11 is 0. The Hall–Kier alpha value is -1.55. The molecule has 1 aliphatic rings. The Bertz CT molecular complexity index is 474. The first-order valence-electron chi connectivity index (χ1n) is 7.34. The lowest BCUT2D eigenvalue weighted by Gasteiger charge is -2.25. The van der Waals surface area contributed by atoms with Crippen LogP contribution in [0.2, 0.25) is 0 Å². The van der Waals surface area contributed by atoms with Gasteiger partial charge >= 0.3 is 0 Å². The molecular weight excluding hydrogens is 252 g/mol. The fourth-order valence-electron chi connectivity index (χ4n) is 2.70. The molecule has 0 spiro atoms. The molecule has 1 N–H and O–H groups in total. The predicted molar refractivity (Wildman–Crippen MR) is 79.7 cm³/mol. The molecule has 2 rings (SSSR count). The number of aryl methyl sites for hydroxylation is 1. The second-order valence-electron chi connectivity index (χ2n) is 5.31. The molecule has 20 heavy (non-hydrogen) atoms. The quantitative estimate of drug-likeness (QED) is 0.812. The van der Waals surface area contributed by atoms with Crippen molar-refractivity contribution in [2.24, 2.45) is 0 Å². The van der Waals surface area contributed by atoms with Gasteiger partial charge in [-0.05, 0) is 36.6 Å². The normalized spacial score (nSPS) is 18.6. The van der Waals surface area contributed by atoms with Crippen LogP contribution in [0.3, 0.4) is 0 Å². The second-order valence-corrected chi connectivity index (χ2v) is 5.31. The van der Waals surface area contributed by atoms with Gasteiger partial charge in [0.15, 0.2) is 0 Å². The fraction of sp³-hybridized carbons (Fsp3) is 0.562. The summed E-state index contributed by atoms with van der Waals surface area (Å²) in [6.07, 6.45) is 3.40. The molecule has 0 aliphatic carbocycles. The van der Waals surface area contributed by atoms with Gasteiger partial charge in [0.25, 0.3) is 0 Å². The van der Waals surface area contributed by atoms with Gasteiger partial charge in [0, 0.05) is 6.54 Å². The zero-order chi connectivity index (χ0) is 14.5. The minimum atomic E-state index is 0.00367. The first-order valence-corrected chi connectivity index (χ1v) is 7.34. The molecule has 1 aromatic carbocycles. The highest BCUT2D eigenvalue weighted by molar-refractivity contribution is 5.81. The van der Waals surface area contributed by atoms with E-state index in [1.54, 1.807) is 7.11 Å². The topological polar surface area (TPSA) is 41.6 Å². The van der Waals surface area contributed by atoms with Crippen LogP contribution in [0, 0.1) is 6.92 Å². The number of rotatable bonds is 6. The summed E-state index contributed by atoms with van der Waals surface area (Å²) in [6.45, 7) is 5.46.